The number of fused-ring (bicyclic) bond motifs is 2. The summed E-state index contributed by atoms with van der Waals surface area (Å²) in [6.45, 7) is 3.80. The van der Waals surface area contributed by atoms with Crippen molar-refractivity contribution in [3.05, 3.63) is 82.9 Å². The molecule has 0 radical (unpaired) electrons. The molecule has 3 aromatic carbocycles. The van der Waals surface area contributed by atoms with Gasteiger partial charge in [0.15, 0.2) is 6.54 Å². The van der Waals surface area contributed by atoms with Crippen molar-refractivity contribution in [2.75, 3.05) is 46.0 Å². The van der Waals surface area contributed by atoms with Crippen LogP contribution in [0.2, 0.25) is 0 Å². The molecule has 300 valence electrons. The number of rotatable bonds is 16. The predicted octanol–water partition coefficient (Wildman–Crippen LogP) is 3.58. The summed E-state index contributed by atoms with van der Waals surface area (Å²) in [5.74, 6) is -2.72. The molecule has 17 nitrogen and oxygen atoms in total. The Bertz CT molecular complexity index is 2510. The van der Waals surface area contributed by atoms with Gasteiger partial charge >= 0.3 is 11.9 Å². The third-order valence-electron chi connectivity index (χ3n) is 8.89. The maximum absolute atomic E-state index is 14.5. The van der Waals surface area contributed by atoms with Gasteiger partial charge in [-0.1, -0.05) is 0 Å². The lowest BCUT2D eigenvalue weighted by Gasteiger charge is -2.29. The zero-order chi connectivity index (χ0) is 41.2. The normalized spacial score (nSPS) is 12.2. The molecule has 0 saturated carbocycles. The number of hydrogen-bond acceptors (Lipinski definition) is 12. The molecule has 5 aromatic rings. The Morgan fingerprint density at radius 3 is 1.86 bits per heavy atom. The molecule has 0 bridgehead atoms. The minimum absolute atomic E-state index is 0.0355. The molecule has 0 fully saturated rings. The third kappa shape index (κ3) is 10.0. The standard InChI is InChI=1S/C37H41N3O14S2/c1-23-18-25(36(43)54-39-32(41)12-13-33(39)42)19-24(2)35(23)53-37(44)34-28-20-26(51-5)8-10-30(28)38(14-6-16-55(45,46)47)31-11-9-27(21-29(31)34)52-22-40(3,4)15-7-17-56(48,49)50/h8-13,18-21H,6-7,14-17,22H2,1-5H3,(H2-,44,45,46,47,48,49,50)/p+2. The minimum atomic E-state index is -4.27. The van der Waals surface area contributed by atoms with Crippen LogP contribution in [-0.4, -0.2) is 103 Å². The van der Waals surface area contributed by atoms with Gasteiger partial charge in [-0.25, -0.2) is 9.59 Å². The Kier molecular flexibility index (Phi) is 12.2. The molecule has 4 N–H and O–H groups in total. The smallest absolute Gasteiger partial charge is 0.363 e. The number of carbonyl (C=O) groups is 2. The molecule has 2 heterocycles. The van der Waals surface area contributed by atoms with Crippen molar-refractivity contribution in [3.63, 3.8) is 0 Å². The third-order valence-corrected chi connectivity index (χ3v) is 10.5. The summed E-state index contributed by atoms with van der Waals surface area (Å²) in [5.41, 5.74) is 1.93. The van der Waals surface area contributed by atoms with Gasteiger partial charge in [0, 0.05) is 37.1 Å². The van der Waals surface area contributed by atoms with Gasteiger partial charge in [0.2, 0.25) is 29.5 Å². The molecule has 0 aliphatic heterocycles. The summed E-state index contributed by atoms with van der Waals surface area (Å²) in [4.78, 5) is 32.6. The van der Waals surface area contributed by atoms with Crippen LogP contribution in [0.5, 0.6) is 29.0 Å². The molecule has 0 atom stereocenters. The van der Waals surface area contributed by atoms with E-state index in [1.165, 1.54) is 19.2 Å². The van der Waals surface area contributed by atoms with Crippen LogP contribution in [0.1, 0.15) is 44.7 Å². The monoisotopic (exact) mass is 817 g/mol. The predicted molar refractivity (Wildman–Crippen MR) is 202 cm³/mol. The molecule has 56 heavy (non-hydrogen) atoms. The molecule has 0 unspecified atom stereocenters. The first-order valence-electron chi connectivity index (χ1n) is 17.1. The summed E-state index contributed by atoms with van der Waals surface area (Å²) in [6, 6.07) is 15.2. The summed E-state index contributed by atoms with van der Waals surface area (Å²) in [5, 5.41) is 20.5. The van der Waals surface area contributed by atoms with Crippen LogP contribution in [0.15, 0.2) is 60.7 Å². The zero-order valence-electron chi connectivity index (χ0n) is 31.3. The number of benzene rings is 3. The molecule has 0 aliphatic carbocycles. The molecule has 0 spiro atoms. The van der Waals surface area contributed by atoms with E-state index < -0.39 is 55.4 Å². The van der Waals surface area contributed by atoms with Gasteiger partial charge in [0.05, 0.1) is 61.2 Å². The highest BCUT2D eigenvalue weighted by atomic mass is 32.2. The van der Waals surface area contributed by atoms with Crippen LogP contribution in [0.25, 0.3) is 21.8 Å². The number of nitrogens with zero attached hydrogens (tertiary/aromatic N) is 3. The Balaban J connectivity index is 1.58. The van der Waals surface area contributed by atoms with Crippen molar-refractivity contribution < 1.29 is 73.8 Å². The quantitative estimate of drug-likeness (QED) is 0.0212. The summed E-state index contributed by atoms with van der Waals surface area (Å²) in [7, 11) is -3.31. The molecule has 0 aliphatic rings. The second kappa shape index (κ2) is 16.3. The molecular weight excluding hydrogens is 775 g/mol. The topological polar surface area (TPSA) is 229 Å². The largest absolute Gasteiger partial charge is 0.497 e. The number of quaternary nitrogens is 1. The number of esters is 1. The summed E-state index contributed by atoms with van der Waals surface area (Å²) >= 11 is 0. The van der Waals surface area contributed by atoms with E-state index in [0.717, 1.165) is 12.1 Å². The molecule has 0 amide bonds. The van der Waals surface area contributed by atoms with Gasteiger partial charge in [0.1, 0.15) is 17.2 Å². The fourth-order valence-electron chi connectivity index (χ4n) is 6.25. The molecule has 19 heteroatoms. The Morgan fingerprint density at radius 2 is 1.30 bits per heavy atom. The second-order valence-electron chi connectivity index (χ2n) is 13.9. The highest BCUT2D eigenvalue weighted by Gasteiger charge is 2.29. The van der Waals surface area contributed by atoms with Gasteiger partial charge in [-0.05, 0) is 61.4 Å². The van der Waals surface area contributed by atoms with E-state index in [4.69, 9.17) is 23.6 Å². The number of aromatic hydroxyl groups is 2. The fraction of sp³-hybridized carbons (Fsp3) is 0.324. The number of carbonyl (C=O) groups excluding carboxylic acids is 2. The highest BCUT2D eigenvalue weighted by molar-refractivity contribution is 7.86. The average molecular weight is 818 g/mol. The lowest BCUT2D eigenvalue weighted by atomic mass is 10.0. The summed E-state index contributed by atoms with van der Waals surface area (Å²) in [6.07, 6.45) is 0.218. The van der Waals surface area contributed by atoms with E-state index in [1.54, 1.807) is 50.2 Å². The van der Waals surface area contributed by atoms with Crippen molar-refractivity contribution in [1.29, 1.82) is 0 Å². The molecule has 2 aromatic heterocycles. The van der Waals surface area contributed by atoms with Crippen LogP contribution in [0, 0.1) is 13.8 Å². The Hall–Kier alpha value is -5.47. The van der Waals surface area contributed by atoms with E-state index >= 15 is 0 Å². The highest BCUT2D eigenvalue weighted by Crippen LogP contribution is 2.33. The number of hydrogen-bond donors (Lipinski definition) is 4. The first-order chi connectivity index (χ1) is 26.2. The molecule has 0 saturated heterocycles. The first-order valence-corrected chi connectivity index (χ1v) is 20.4. The van der Waals surface area contributed by atoms with Gasteiger partial charge in [-0.15, -0.1) is 4.73 Å². The first kappa shape index (κ1) is 41.7. The lowest BCUT2D eigenvalue weighted by molar-refractivity contribution is -0.905. The van der Waals surface area contributed by atoms with Crippen LogP contribution in [-0.2, 0) is 26.8 Å². The van der Waals surface area contributed by atoms with Crippen LogP contribution in [0.4, 0.5) is 0 Å². The van der Waals surface area contributed by atoms with E-state index in [0.29, 0.717) is 55.7 Å². The second-order valence-corrected chi connectivity index (χ2v) is 17.0. The number of aromatic nitrogens is 2. The Morgan fingerprint density at radius 1 is 0.768 bits per heavy atom. The van der Waals surface area contributed by atoms with E-state index in [1.807, 2.05) is 18.7 Å². The van der Waals surface area contributed by atoms with E-state index in [-0.39, 0.29) is 47.5 Å². The minimum Gasteiger partial charge on any atom is -0.497 e. The van der Waals surface area contributed by atoms with Crippen LogP contribution in [0.3, 0.4) is 0 Å². The number of ether oxygens (including phenoxy) is 3. The van der Waals surface area contributed by atoms with Crippen LogP contribution >= 0.6 is 0 Å². The number of aryl methyl sites for hydroxylation is 3. The van der Waals surface area contributed by atoms with Crippen molar-refractivity contribution in [2.24, 2.45) is 0 Å². The fourth-order valence-corrected chi connectivity index (χ4v) is 7.24. The maximum atomic E-state index is 14.5. The van der Waals surface area contributed by atoms with Crippen molar-refractivity contribution in [2.45, 2.75) is 33.2 Å². The van der Waals surface area contributed by atoms with Crippen molar-refractivity contribution in [3.8, 4) is 29.0 Å². The Labute approximate surface area is 322 Å². The molecular formula is C37H43N3O14S2+2. The lowest BCUT2D eigenvalue weighted by Crippen LogP contribution is -2.44. The van der Waals surface area contributed by atoms with Gasteiger partial charge in [-0.2, -0.15) is 21.4 Å². The number of methoxy groups -OCH3 is 1. The van der Waals surface area contributed by atoms with Gasteiger partial charge in [-0.3, -0.25) is 13.6 Å². The van der Waals surface area contributed by atoms with Crippen LogP contribution < -0.4 is 23.6 Å². The number of pyridine rings is 1. The van der Waals surface area contributed by atoms with Crippen molar-refractivity contribution >= 4 is 54.0 Å². The van der Waals surface area contributed by atoms with Gasteiger partial charge in [0.25, 0.3) is 20.2 Å². The average Bonchev–Trinajstić information content (AvgIpc) is 3.42. The van der Waals surface area contributed by atoms with Gasteiger partial charge < -0.3 is 29.3 Å². The molecule has 5 rings (SSSR count). The van der Waals surface area contributed by atoms with E-state index in [9.17, 15) is 41.2 Å². The van der Waals surface area contributed by atoms with Crippen molar-refractivity contribution in [1.82, 2.24) is 4.73 Å². The summed E-state index contributed by atoms with van der Waals surface area (Å²) < 4.78 is 84.7. The zero-order valence-corrected chi connectivity index (χ0v) is 32.9. The van der Waals surface area contributed by atoms with E-state index in [2.05, 4.69) is 0 Å². The maximum Gasteiger partial charge on any atom is 0.363 e. The SMILES string of the molecule is COc1ccc2c(c1)c(C(=O)Oc1c(C)cc(C(=O)On3c(O)ccc3O)cc1C)c1cc(OC[N+](C)(C)CCCS(=O)(=O)O)ccc1[n+]2CCCS(=O)(=O)O.